The summed E-state index contributed by atoms with van der Waals surface area (Å²) in [6.07, 6.45) is 0.148. The Balaban J connectivity index is 1.81. The Morgan fingerprint density at radius 1 is 1.61 bits per heavy atom. The third kappa shape index (κ3) is 3.09. The molecule has 3 rings (SSSR count). The van der Waals surface area contributed by atoms with Crippen LogP contribution in [0.2, 0.25) is 0 Å². The Labute approximate surface area is 141 Å². The van der Waals surface area contributed by atoms with Crippen molar-refractivity contribution in [3.8, 4) is 0 Å². The summed E-state index contributed by atoms with van der Waals surface area (Å²) in [4.78, 5) is 26.0. The van der Waals surface area contributed by atoms with Crippen molar-refractivity contribution in [2.75, 3.05) is 18.1 Å². The number of carbonyl (C=O) groups is 2. The molecule has 2 aromatic rings. The van der Waals surface area contributed by atoms with E-state index >= 15 is 0 Å². The molecule has 1 aromatic heterocycles. The van der Waals surface area contributed by atoms with Gasteiger partial charge in [-0.05, 0) is 25.1 Å². The van der Waals surface area contributed by atoms with Crippen molar-refractivity contribution in [3.63, 3.8) is 0 Å². The number of H-pyrrole nitrogens is 1. The van der Waals surface area contributed by atoms with Gasteiger partial charge in [0.1, 0.15) is 0 Å². The highest BCUT2D eigenvalue weighted by atomic mass is 79.9. The van der Waals surface area contributed by atoms with Crippen molar-refractivity contribution in [1.82, 2.24) is 15.5 Å². The van der Waals surface area contributed by atoms with E-state index in [2.05, 4.69) is 31.4 Å². The first-order chi connectivity index (χ1) is 11.0. The molecule has 0 bridgehead atoms. The first-order valence-electron chi connectivity index (χ1n) is 7.35. The summed E-state index contributed by atoms with van der Waals surface area (Å²) in [5.74, 6) is -0.232. The molecule has 2 amide bonds. The standard InChI is InChI=1S/C15H17BrN4O3/c1-8(7-21)17-15(23)9-4-13(22)20(6-9)14-11-3-2-10(16)5-12(11)18-19-14/h2-3,5,8-9,21H,4,6-7H2,1H3,(H,17,23)(H,18,19)/t8-,9+/m1/s1. The average Bonchev–Trinajstić information content (AvgIpc) is 3.09. The third-order valence-corrected chi connectivity index (χ3v) is 4.41. The minimum atomic E-state index is -0.432. The number of benzene rings is 1. The molecule has 1 fully saturated rings. The fourth-order valence-electron chi connectivity index (χ4n) is 2.68. The quantitative estimate of drug-likeness (QED) is 0.741. The molecule has 0 unspecified atom stereocenters. The van der Waals surface area contributed by atoms with Gasteiger partial charge in [-0.15, -0.1) is 0 Å². The van der Waals surface area contributed by atoms with Crippen LogP contribution < -0.4 is 10.2 Å². The van der Waals surface area contributed by atoms with Crippen LogP contribution in [0.15, 0.2) is 22.7 Å². The zero-order valence-corrected chi connectivity index (χ0v) is 14.1. The normalized spacial score (nSPS) is 19.3. The number of amides is 2. The number of aliphatic hydroxyl groups excluding tert-OH is 1. The number of halogens is 1. The van der Waals surface area contributed by atoms with Crippen LogP contribution in [0.1, 0.15) is 13.3 Å². The number of nitrogens with zero attached hydrogens (tertiary/aromatic N) is 2. The molecule has 0 radical (unpaired) electrons. The third-order valence-electron chi connectivity index (χ3n) is 3.92. The highest BCUT2D eigenvalue weighted by Crippen LogP contribution is 2.31. The predicted molar refractivity (Wildman–Crippen MR) is 88.9 cm³/mol. The highest BCUT2D eigenvalue weighted by Gasteiger charge is 2.37. The van der Waals surface area contributed by atoms with Gasteiger partial charge in [0, 0.05) is 28.9 Å². The summed E-state index contributed by atoms with van der Waals surface area (Å²) in [6, 6.07) is 5.33. The van der Waals surface area contributed by atoms with E-state index in [0.29, 0.717) is 12.4 Å². The molecule has 1 saturated heterocycles. The van der Waals surface area contributed by atoms with Crippen molar-refractivity contribution < 1.29 is 14.7 Å². The van der Waals surface area contributed by atoms with Gasteiger partial charge in [-0.2, -0.15) is 5.10 Å². The first-order valence-corrected chi connectivity index (χ1v) is 8.14. The molecule has 1 aliphatic rings. The van der Waals surface area contributed by atoms with E-state index < -0.39 is 5.92 Å². The van der Waals surface area contributed by atoms with Crippen LogP contribution in [0.3, 0.4) is 0 Å². The summed E-state index contributed by atoms with van der Waals surface area (Å²) in [5, 5.41) is 19.7. The molecule has 122 valence electrons. The second-order valence-electron chi connectivity index (χ2n) is 5.73. The van der Waals surface area contributed by atoms with E-state index in [0.717, 1.165) is 15.4 Å². The van der Waals surface area contributed by atoms with Gasteiger partial charge in [-0.1, -0.05) is 15.9 Å². The maximum atomic E-state index is 12.3. The number of aromatic amines is 1. The predicted octanol–water partition coefficient (Wildman–Crippen LogP) is 1.18. The molecule has 7 nitrogen and oxygen atoms in total. The van der Waals surface area contributed by atoms with Crippen molar-refractivity contribution in [1.29, 1.82) is 0 Å². The number of nitrogens with one attached hydrogen (secondary N) is 2. The fourth-order valence-corrected chi connectivity index (χ4v) is 3.04. The van der Waals surface area contributed by atoms with E-state index in [1.54, 1.807) is 11.8 Å². The number of fused-ring (bicyclic) bond motifs is 1. The Morgan fingerprint density at radius 2 is 2.39 bits per heavy atom. The Bertz CT molecular complexity index is 760. The number of rotatable bonds is 4. The minimum Gasteiger partial charge on any atom is -0.394 e. The smallest absolute Gasteiger partial charge is 0.229 e. The molecular weight excluding hydrogens is 364 g/mol. The van der Waals surface area contributed by atoms with Crippen LogP contribution in [0.5, 0.6) is 0 Å². The summed E-state index contributed by atoms with van der Waals surface area (Å²) in [6.45, 7) is 1.87. The molecule has 0 spiro atoms. The fraction of sp³-hybridized carbons (Fsp3) is 0.400. The number of carbonyl (C=O) groups excluding carboxylic acids is 2. The molecule has 1 aromatic carbocycles. The van der Waals surface area contributed by atoms with Crippen LogP contribution in [-0.2, 0) is 9.59 Å². The van der Waals surface area contributed by atoms with Gasteiger partial charge in [0.15, 0.2) is 5.82 Å². The van der Waals surface area contributed by atoms with Crippen LogP contribution >= 0.6 is 15.9 Å². The molecule has 2 heterocycles. The Morgan fingerprint density at radius 3 is 3.13 bits per heavy atom. The molecule has 8 heteroatoms. The van der Waals surface area contributed by atoms with Crippen molar-refractivity contribution >= 4 is 44.5 Å². The summed E-state index contributed by atoms with van der Waals surface area (Å²) in [5.41, 5.74) is 0.823. The van der Waals surface area contributed by atoms with Crippen LogP contribution in [0, 0.1) is 5.92 Å². The SMILES string of the molecule is C[C@H](CO)NC(=O)[C@H]1CC(=O)N(c2n[nH]c3cc(Br)ccc23)C1. The maximum absolute atomic E-state index is 12.3. The lowest BCUT2D eigenvalue weighted by Gasteiger charge is -2.16. The molecule has 0 aliphatic carbocycles. The Hall–Kier alpha value is -1.93. The van der Waals surface area contributed by atoms with E-state index in [1.807, 2.05) is 18.2 Å². The summed E-state index contributed by atoms with van der Waals surface area (Å²) >= 11 is 3.39. The molecular formula is C15H17BrN4O3. The summed E-state index contributed by atoms with van der Waals surface area (Å²) in [7, 11) is 0. The average molecular weight is 381 g/mol. The first kappa shape index (κ1) is 15.9. The lowest BCUT2D eigenvalue weighted by atomic mass is 10.1. The van der Waals surface area contributed by atoms with Crippen LogP contribution in [0.25, 0.3) is 10.9 Å². The molecule has 2 atom stereocenters. The van der Waals surface area contributed by atoms with E-state index in [1.165, 1.54) is 0 Å². The van der Waals surface area contributed by atoms with Gasteiger partial charge in [0.05, 0.1) is 18.0 Å². The highest BCUT2D eigenvalue weighted by molar-refractivity contribution is 9.10. The number of anilines is 1. The number of aromatic nitrogens is 2. The lowest BCUT2D eigenvalue weighted by Crippen LogP contribution is -2.40. The van der Waals surface area contributed by atoms with Gasteiger partial charge in [0.25, 0.3) is 0 Å². The van der Waals surface area contributed by atoms with E-state index in [9.17, 15) is 9.59 Å². The largest absolute Gasteiger partial charge is 0.394 e. The second-order valence-corrected chi connectivity index (χ2v) is 6.65. The van der Waals surface area contributed by atoms with Gasteiger partial charge in [-0.3, -0.25) is 19.6 Å². The second kappa shape index (κ2) is 6.29. The molecule has 23 heavy (non-hydrogen) atoms. The molecule has 3 N–H and O–H groups in total. The zero-order chi connectivity index (χ0) is 16.6. The van der Waals surface area contributed by atoms with Crippen molar-refractivity contribution in [2.24, 2.45) is 5.92 Å². The summed E-state index contributed by atoms with van der Waals surface area (Å²) < 4.78 is 0.920. The van der Waals surface area contributed by atoms with E-state index in [4.69, 9.17) is 5.11 Å². The van der Waals surface area contributed by atoms with Gasteiger partial charge >= 0.3 is 0 Å². The number of hydrogen-bond acceptors (Lipinski definition) is 4. The Kier molecular flexibility index (Phi) is 4.36. The molecule has 1 aliphatic heterocycles. The van der Waals surface area contributed by atoms with Crippen molar-refractivity contribution in [3.05, 3.63) is 22.7 Å². The van der Waals surface area contributed by atoms with Crippen LogP contribution in [0.4, 0.5) is 5.82 Å². The number of hydrogen-bond donors (Lipinski definition) is 3. The van der Waals surface area contributed by atoms with Gasteiger partial charge in [0.2, 0.25) is 11.8 Å². The van der Waals surface area contributed by atoms with E-state index in [-0.39, 0.29) is 30.9 Å². The van der Waals surface area contributed by atoms with Gasteiger partial charge < -0.3 is 10.4 Å². The lowest BCUT2D eigenvalue weighted by molar-refractivity contribution is -0.127. The minimum absolute atomic E-state index is 0.127. The molecule has 0 saturated carbocycles. The monoisotopic (exact) mass is 380 g/mol. The van der Waals surface area contributed by atoms with Gasteiger partial charge in [-0.25, -0.2) is 0 Å². The number of aliphatic hydroxyl groups is 1. The topological polar surface area (TPSA) is 98.3 Å². The van der Waals surface area contributed by atoms with Crippen LogP contribution in [-0.4, -0.2) is 46.3 Å². The van der Waals surface area contributed by atoms with Crippen molar-refractivity contribution in [2.45, 2.75) is 19.4 Å². The maximum Gasteiger partial charge on any atom is 0.229 e. The zero-order valence-electron chi connectivity index (χ0n) is 12.5.